The third kappa shape index (κ3) is 3.94. The van der Waals surface area contributed by atoms with Crippen LogP contribution >= 0.6 is 11.6 Å². The fraction of sp³-hybridized carbons (Fsp3) is 0.192. The van der Waals surface area contributed by atoms with Gasteiger partial charge in [-0.3, -0.25) is 9.52 Å². The molecule has 1 amide bonds. The molecule has 1 heterocycles. The van der Waals surface area contributed by atoms with Crippen molar-refractivity contribution in [2.75, 3.05) is 6.61 Å². The standard InChI is InChI=1S/C26H22ClNO4S/c1-2-32-24-11-7-15(12-22(24)27)17-4-3-5-19-18(9-10-20(17)19)16-6-8-21(23(29)13-16)25-14-26(30)28-33(25)31/h3-8,11-14,18,29H,2,9-10H2,1H3,(H,28,30)/t18-,33?/m1/s1. The van der Waals surface area contributed by atoms with Gasteiger partial charge in [0.25, 0.3) is 5.91 Å². The van der Waals surface area contributed by atoms with E-state index in [4.69, 9.17) is 16.3 Å². The summed E-state index contributed by atoms with van der Waals surface area (Å²) in [4.78, 5) is 11.8. The van der Waals surface area contributed by atoms with Crippen LogP contribution in [-0.2, 0) is 22.2 Å². The van der Waals surface area contributed by atoms with Crippen molar-refractivity contribution in [2.45, 2.75) is 25.7 Å². The zero-order valence-corrected chi connectivity index (χ0v) is 19.5. The van der Waals surface area contributed by atoms with Gasteiger partial charge in [-0.1, -0.05) is 41.9 Å². The lowest BCUT2D eigenvalue weighted by atomic mass is 9.90. The van der Waals surface area contributed by atoms with Crippen molar-refractivity contribution in [1.82, 2.24) is 4.72 Å². The molecule has 0 aromatic heterocycles. The highest BCUT2D eigenvalue weighted by Crippen LogP contribution is 2.44. The largest absolute Gasteiger partial charge is 0.507 e. The van der Waals surface area contributed by atoms with Gasteiger partial charge in [-0.15, -0.1) is 0 Å². The first kappa shape index (κ1) is 21.7. The van der Waals surface area contributed by atoms with E-state index in [0.717, 1.165) is 29.5 Å². The maximum absolute atomic E-state index is 12.1. The first-order valence-corrected chi connectivity index (χ1v) is 12.3. The summed E-state index contributed by atoms with van der Waals surface area (Å²) >= 11 is 6.43. The number of hydrogen-bond acceptors (Lipinski definition) is 4. The molecule has 2 atom stereocenters. The number of fused-ring (bicyclic) bond motifs is 1. The van der Waals surface area contributed by atoms with Crippen LogP contribution in [0.15, 0.2) is 60.7 Å². The molecule has 168 valence electrons. The van der Waals surface area contributed by atoms with E-state index in [1.165, 1.54) is 17.2 Å². The van der Waals surface area contributed by atoms with E-state index in [1.54, 1.807) is 12.1 Å². The number of benzene rings is 3. The number of carbonyl (C=O) groups is 1. The molecule has 7 heteroatoms. The number of halogens is 1. The van der Waals surface area contributed by atoms with Gasteiger partial charge in [0, 0.05) is 17.6 Å². The predicted octanol–water partition coefficient (Wildman–Crippen LogP) is 5.32. The molecule has 2 N–H and O–H groups in total. The van der Waals surface area contributed by atoms with Crippen LogP contribution in [-0.4, -0.2) is 21.8 Å². The van der Waals surface area contributed by atoms with Gasteiger partial charge < -0.3 is 9.84 Å². The van der Waals surface area contributed by atoms with Gasteiger partial charge in [0.2, 0.25) is 0 Å². The van der Waals surface area contributed by atoms with Gasteiger partial charge in [0.15, 0.2) is 11.0 Å². The van der Waals surface area contributed by atoms with Crippen molar-refractivity contribution in [3.63, 3.8) is 0 Å². The molecular weight excluding hydrogens is 458 g/mol. The molecule has 3 aromatic carbocycles. The molecule has 1 aliphatic heterocycles. The van der Waals surface area contributed by atoms with Gasteiger partial charge in [0.05, 0.1) is 16.5 Å². The minimum atomic E-state index is -1.64. The number of ether oxygens (including phenoxy) is 1. The van der Waals surface area contributed by atoms with Crippen molar-refractivity contribution in [3.8, 4) is 22.6 Å². The average molecular weight is 480 g/mol. The first-order valence-electron chi connectivity index (χ1n) is 10.8. The SMILES string of the molecule is CCOc1ccc(-c2cccc3c2CC[C@@H]3c2ccc(C3=CC(=O)NS3=O)c(O)c2)cc1Cl. The summed E-state index contributed by atoms with van der Waals surface area (Å²) in [6, 6.07) is 17.6. The zero-order chi connectivity index (χ0) is 23.1. The van der Waals surface area contributed by atoms with Gasteiger partial charge in [-0.05, 0) is 71.8 Å². The topological polar surface area (TPSA) is 75.6 Å². The van der Waals surface area contributed by atoms with Crippen molar-refractivity contribution < 1.29 is 18.8 Å². The van der Waals surface area contributed by atoms with Crippen molar-refractivity contribution in [2.24, 2.45) is 0 Å². The Morgan fingerprint density at radius 3 is 2.70 bits per heavy atom. The Hall–Kier alpha value is -3.09. The summed E-state index contributed by atoms with van der Waals surface area (Å²) in [5.74, 6) is 0.421. The lowest BCUT2D eigenvalue weighted by molar-refractivity contribution is -0.114. The third-order valence-electron chi connectivity index (χ3n) is 6.16. The Morgan fingerprint density at radius 1 is 1.15 bits per heavy atom. The van der Waals surface area contributed by atoms with Gasteiger partial charge >= 0.3 is 0 Å². The highest BCUT2D eigenvalue weighted by Gasteiger charge is 2.28. The van der Waals surface area contributed by atoms with Crippen molar-refractivity contribution in [3.05, 3.63) is 87.9 Å². The number of carbonyl (C=O) groups excluding carboxylic acids is 1. The minimum absolute atomic E-state index is 0.0199. The fourth-order valence-corrected chi connectivity index (χ4v) is 5.88. The monoisotopic (exact) mass is 479 g/mol. The second-order valence-electron chi connectivity index (χ2n) is 8.06. The number of phenols is 1. The summed E-state index contributed by atoms with van der Waals surface area (Å²) in [5, 5.41) is 11.2. The summed E-state index contributed by atoms with van der Waals surface area (Å²) in [7, 11) is -1.64. The van der Waals surface area contributed by atoms with E-state index in [9.17, 15) is 14.1 Å². The maximum Gasteiger partial charge on any atom is 0.257 e. The number of phenolic OH excluding ortho intramolecular Hbond substituents is 1. The fourth-order valence-electron chi connectivity index (χ4n) is 4.71. The van der Waals surface area contributed by atoms with E-state index >= 15 is 0 Å². The Bertz CT molecular complexity index is 1330. The Labute approximate surface area is 199 Å². The molecule has 33 heavy (non-hydrogen) atoms. The van der Waals surface area contributed by atoms with Crippen LogP contribution < -0.4 is 9.46 Å². The molecule has 0 saturated heterocycles. The predicted molar refractivity (Wildman–Crippen MR) is 131 cm³/mol. The second kappa shape index (κ2) is 8.69. The lowest BCUT2D eigenvalue weighted by Gasteiger charge is -2.16. The molecule has 0 bridgehead atoms. The molecule has 0 fully saturated rings. The molecule has 3 aromatic rings. The average Bonchev–Trinajstić information content (AvgIpc) is 3.37. The lowest BCUT2D eigenvalue weighted by Crippen LogP contribution is -2.16. The molecule has 0 saturated carbocycles. The molecule has 0 spiro atoms. The number of rotatable bonds is 5. The maximum atomic E-state index is 12.1. The van der Waals surface area contributed by atoms with Crippen molar-refractivity contribution >= 4 is 33.4 Å². The molecule has 1 aliphatic carbocycles. The summed E-state index contributed by atoms with van der Waals surface area (Å²) in [5.41, 5.74) is 6.10. The number of aromatic hydroxyl groups is 1. The Morgan fingerprint density at radius 2 is 2.00 bits per heavy atom. The zero-order valence-electron chi connectivity index (χ0n) is 17.9. The van der Waals surface area contributed by atoms with Crippen LogP contribution in [0.5, 0.6) is 11.5 Å². The highest BCUT2D eigenvalue weighted by atomic mass is 35.5. The van der Waals surface area contributed by atoms with Crippen LogP contribution in [0.3, 0.4) is 0 Å². The van der Waals surface area contributed by atoms with Crippen LogP contribution in [0, 0.1) is 0 Å². The van der Waals surface area contributed by atoms with Gasteiger partial charge in [-0.25, -0.2) is 4.21 Å². The molecule has 5 rings (SSSR count). The van der Waals surface area contributed by atoms with Crippen molar-refractivity contribution in [1.29, 1.82) is 0 Å². The molecular formula is C26H22ClNO4S. The first-order chi connectivity index (χ1) is 16.0. The van der Waals surface area contributed by atoms with E-state index in [-0.39, 0.29) is 11.7 Å². The Balaban J connectivity index is 1.48. The van der Waals surface area contributed by atoms with E-state index in [0.29, 0.717) is 27.8 Å². The minimum Gasteiger partial charge on any atom is -0.507 e. The quantitative estimate of drug-likeness (QED) is 0.519. The summed E-state index contributed by atoms with van der Waals surface area (Å²) < 4.78 is 20.0. The van der Waals surface area contributed by atoms with E-state index < -0.39 is 16.9 Å². The van der Waals surface area contributed by atoms with Crippen LogP contribution in [0.1, 0.15) is 41.5 Å². The highest BCUT2D eigenvalue weighted by molar-refractivity contribution is 7.94. The van der Waals surface area contributed by atoms with E-state index in [2.05, 4.69) is 22.9 Å². The van der Waals surface area contributed by atoms with E-state index in [1.807, 2.05) is 31.2 Å². The normalized spacial score (nSPS) is 19.2. The summed E-state index contributed by atoms with van der Waals surface area (Å²) in [6.45, 7) is 2.49. The smallest absolute Gasteiger partial charge is 0.257 e. The molecule has 1 unspecified atom stereocenters. The molecule has 5 nitrogen and oxygen atoms in total. The summed E-state index contributed by atoms with van der Waals surface area (Å²) in [6.07, 6.45) is 3.10. The second-order valence-corrected chi connectivity index (χ2v) is 9.65. The van der Waals surface area contributed by atoms with Crippen LogP contribution in [0.25, 0.3) is 16.0 Å². The van der Waals surface area contributed by atoms with Gasteiger partial charge in [0.1, 0.15) is 11.5 Å². The number of nitrogens with one attached hydrogen (secondary N) is 1. The molecule has 0 radical (unpaired) electrons. The van der Waals surface area contributed by atoms with Gasteiger partial charge in [-0.2, -0.15) is 0 Å². The number of amides is 1. The molecule has 2 aliphatic rings. The Kier molecular flexibility index (Phi) is 5.72. The van der Waals surface area contributed by atoms with Crippen LogP contribution in [0.4, 0.5) is 0 Å². The van der Waals surface area contributed by atoms with Crippen LogP contribution in [0.2, 0.25) is 5.02 Å². The number of hydrogen-bond donors (Lipinski definition) is 2. The third-order valence-corrected chi connectivity index (χ3v) is 7.58.